The normalized spacial score (nSPS) is 18.3. The highest BCUT2D eigenvalue weighted by molar-refractivity contribution is 8.13. The molecule has 5 nitrogen and oxygen atoms in total. The number of hydrogen-bond acceptors (Lipinski definition) is 5. The van der Waals surface area contributed by atoms with E-state index in [9.17, 15) is 0 Å². The molecular weight excluding hydrogens is 413 g/mol. The summed E-state index contributed by atoms with van der Waals surface area (Å²) >= 11 is 12.0. The van der Waals surface area contributed by atoms with Crippen molar-refractivity contribution in [3.05, 3.63) is 70.9 Å². The lowest BCUT2D eigenvalue weighted by Crippen LogP contribution is -2.21. The van der Waals surface area contributed by atoms with Crippen molar-refractivity contribution in [1.29, 1.82) is 0 Å². The minimum Gasteiger partial charge on any atom is -0.421 e. The van der Waals surface area contributed by atoms with Gasteiger partial charge in [-0.2, -0.15) is 10.1 Å². The molecule has 2 heterocycles. The second kappa shape index (κ2) is 7.80. The van der Waals surface area contributed by atoms with Crippen LogP contribution in [-0.2, 0) is 20.9 Å². The van der Waals surface area contributed by atoms with Gasteiger partial charge in [0.25, 0.3) is 6.49 Å². The fraction of sp³-hybridized carbons (Fsp3) is 0.200. The number of fused-ring (bicyclic) bond motifs is 1. The second-order valence-electron chi connectivity index (χ2n) is 6.35. The van der Waals surface area contributed by atoms with E-state index in [-0.39, 0.29) is 0 Å². The SMILES string of the molecule is CCCOP1(=S)OC(c2ccc(Cl)cc2)=Nc2c1c(C)nn2-c1ccccc1. The van der Waals surface area contributed by atoms with E-state index in [0.717, 1.165) is 28.7 Å². The Bertz CT molecular complexity index is 1080. The first-order valence-corrected chi connectivity index (χ1v) is 12.0. The topological polar surface area (TPSA) is 48.6 Å². The molecule has 2 aromatic carbocycles. The van der Waals surface area contributed by atoms with Crippen LogP contribution in [0.4, 0.5) is 5.82 Å². The maximum atomic E-state index is 6.22. The molecule has 0 spiro atoms. The number of rotatable bonds is 5. The van der Waals surface area contributed by atoms with E-state index in [2.05, 4.69) is 0 Å². The quantitative estimate of drug-likeness (QED) is 0.514. The van der Waals surface area contributed by atoms with Crippen molar-refractivity contribution in [2.45, 2.75) is 20.3 Å². The van der Waals surface area contributed by atoms with Gasteiger partial charge in [-0.3, -0.25) is 0 Å². The molecule has 1 aromatic heterocycles. The molecule has 8 heteroatoms. The van der Waals surface area contributed by atoms with Gasteiger partial charge in [-0.25, -0.2) is 4.68 Å². The van der Waals surface area contributed by atoms with Crippen molar-refractivity contribution in [1.82, 2.24) is 9.78 Å². The highest BCUT2D eigenvalue weighted by Gasteiger charge is 2.38. The van der Waals surface area contributed by atoms with Gasteiger partial charge in [0.1, 0.15) is 5.30 Å². The fourth-order valence-electron chi connectivity index (χ4n) is 2.97. The summed E-state index contributed by atoms with van der Waals surface area (Å²) in [5.41, 5.74) is 2.48. The molecule has 0 aliphatic carbocycles. The number of hydrogen-bond donors (Lipinski definition) is 0. The summed E-state index contributed by atoms with van der Waals surface area (Å²) in [5, 5.41) is 6.12. The van der Waals surface area contributed by atoms with Crippen LogP contribution in [0.25, 0.3) is 5.69 Å². The molecule has 0 N–H and O–H groups in total. The number of aromatic nitrogens is 2. The summed E-state index contributed by atoms with van der Waals surface area (Å²) in [4.78, 5) is 4.78. The van der Waals surface area contributed by atoms with Crippen LogP contribution in [0.3, 0.4) is 0 Å². The maximum Gasteiger partial charge on any atom is 0.276 e. The first-order valence-electron chi connectivity index (χ1n) is 8.96. The van der Waals surface area contributed by atoms with Crippen LogP contribution in [0, 0.1) is 6.92 Å². The summed E-state index contributed by atoms with van der Waals surface area (Å²) in [7, 11) is 0. The van der Waals surface area contributed by atoms with Gasteiger partial charge < -0.3 is 9.05 Å². The Morgan fingerprint density at radius 2 is 1.86 bits per heavy atom. The zero-order valence-corrected chi connectivity index (χ0v) is 18.0. The predicted molar refractivity (Wildman–Crippen MR) is 117 cm³/mol. The van der Waals surface area contributed by atoms with Crippen LogP contribution in [0.2, 0.25) is 5.02 Å². The van der Waals surface area contributed by atoms with Gasteiger partial charge in [0.2, 0.25) is 5.90 Å². The van der Waals surface area contributed by atoms with Crippen LogP contribution in [0.1, 0.15) is 24.6 Å². The molecule has 0 radical (unpaired) electrons. The molecule has 1 unspecified atom stereocenters. The molecule has 28 heavy (non-hydrogen) atoms. The number of benzene rings is 2. The summed E-state index contributed by atoms with van der Waals surface area (Å²) in [6.45, 7) is 1.67. The first kappa shape index (κ1) is 19.3. The van der Waals surface area contributed by atoms with Crippen LogP contribution in [0.5, 0.6) is 0 Å². The second-order valence-corrected chi connectivity index (χ2v) is 10.1. The molecule has 4 rings (SSSR count). The van der Waals surface area contributed by atoms with Crippen molar-refractivity contribution in [2.75, 3.05) is 6.61 Å². The smallest absolute Gasteiger partial charge is 0.276 e. The standard InChI is InChI=1S/C20H19ClN3O2PS/c1-3-13-25-27(28)18-14(2)23-24(17-7-5-4-6-8-17)19(18)22-20(26-27)15-9-11-16(21)12-10-15/h4-12H,3,13H2,1-2H3. The first-order chi connectivity index (χ1) is 13.5. The number of halogens is 1. The lowest BCUT2D eigenvalue weighted by molar-refractivity contribution is 0.315. The number of para-hydroxylation sites is 1. The van der Waals surface area contributed by atoms with Crippen molar-refractivity contribution < 1.29 is 9.05 Å². The number of aryl methyl sites for hydroxylation is 1. The van der Waals surface area contributed by atoms with E-state index in [0.29, 0.717) is 23.3 Å². The Labute approximate surface area is 174 Å². The summed E-state index contributed by atoms with van der Waals surface area (Å²) in [5.74, 6) is 1.10. The minimum absolute atomic E-state index is 0.431. The summed E-state index contributed by atoms with van der Waals surface area (Å²) in [6.07, 6.45) is 0.844. The fourth-order valence-corrected chi connectivity index (χ4v) is 6.07. The van der Waals surface area contributed by atoms with Gasteiger partial charge in [0.15, 0.2) is 5.82 Å². The van der Waals surface area contributed by atoms with Crippen molar-refractivity contribution in [3.8, 4) is 5.69 Å². The van der Waals surface area contributed by atoms with Crippen molar-refractivity contribution in [3.63, 3.8) is 0 Å². The van der Waals surface area contributed by atoms with Gasteiger partial charge in [-0.05, 0) is 61.5 Å². The van der Waals surface area contributed by atoms with Gasteiger partial charge in [0.05, 0.1) is 18.0 Å². The van der Waals surface area contributed by atoms with Gasteiger partial charge in [-0.1, -0.05) is 36.7 Å². The Kier molecular flexibility index (Phi) is 5.39. The predicted octanol–water partition coefficient (Wildman–Crippen LogP) is 5.30. The summed E-state index contributed by atoms with van der Waals surface area (Å²) in [6, 6.07) is 17.2. The highest BCUT2D eigenvalue weighted by atomic mass is 35.5. The third-order valence-corrected chi connectivity index (χ3v) is 7.60. The number of aliphatic imine (C=N–C) groups is 1. The Hall–Kier alpha value is -1.98. The van der Waals surface area contributed by atoms with Crippen LogP contribution >= 0.6 is 18.1 Å². The molecule has 1 aliphatic rings. The Balaban J connectivity index is 1.92. The minimum atomic E-state index is -2.80. The largest absolute Gasteiger partial charge is 0.421 e. The molecule has 1 atom stereocenters. The Morgan fingerprint density at radius 3 is 2.54 bits per heavy atom. The lowest BCUT2D eigenvalue weighted by atomic mass is 10.2. The zero-order valence-electron chi connectivity index (χ0n) is 15.5. The zero-order chi connectivity index (χ0) is 19.7. The third-order valence-electron chi connectivity index (χ3n) is 4.25. The average molecular weight is 432 g/mol. The van der Waals surface area contributed by atoms with Crippen molar-refractivity contribution >= 4 is 46.9 Å². The van der Waals surface area contributed by atoms with Gasteiger partial charge in [0, 0.05) is 10.6 Å². The van der Waals surface area contributed by atoms with E-state index in [1.54, 1.807) is 16.8 Å². The third kappa shape index (κ3) is 3.53. The lowest BCUT2D eigenvalue weighted by Gasteiger charge is -2.27. The van der Waals surface area contributed by atoms with Crippen LogP contribution in [0.15, 0.2) is 59.6 Å². The van der Waals surface area contributed by atoms with Gasteiger partial charge >= 0.3 is 0 Å². The maximum absolute atomic E-state index is 6.22. The molecular formula is C20H19ClN3O2PS. The van der Waals surface area contributed by atoms with Crippen LogP contribution < -0.4 is 5.30 Å². The van der Waals surface area contributed by atoms with E-state index >= 15 is 0 Å². The van der Waals surface area contributed by atoms with E-state index in [1.807, 2.05) is 56.3 Å². The van der Waals surface area contributed by atoms with E-state index in [1.165, 1.54) is 0 Å². The van der Waals surface area contributed by atoms with Crippen LogP contribution in [-0.4, -0.2) is 22.3 Å². The molecule has 1 aliphatic heterocycles. The number of nitrogens with zero attached hydrogens (tertiary/aromatic N) is 3. The molecule has 3 aromatic rings. The molecule has 0 saturated heterocycles. The van der Waals surface area contributed by atoms with Gasteiger partial charge in [-0.15, -0.1) is 0 Å². The Morgan fingerprint density at radius 1 is 1.14 bits per heavy atom. The monoisotopic (exact) mass is 431 g/mol. The highest BCUT2D eigenvalue weighted by Crippen LogP contribution is 2.54. The van der Waals surface area contributed by atoms with Crippen molar-refractivity contribution in [2.24, 2.45) is 4.99 Å². The average Bonchev–Trinajstić information content (AvgIpc) is 3.05. The molecule has 144 valence electrons. The summed E-state index contributed by atoms with van der Waals surface area (Å²) < 4.78 is 14.1. The molecule has 0 saturated carbocycles. The molecule has 0 amide bonds. The van der Waals surface area contributed by atoms with E-state index < -0.39 is 6.49 Å². The molecule has 0 bridgehead atoms. The molecule has 0 fully saturated rings. The van der Waals surface area contributed by atoms with E-state index in [4.69, 9.17) is 42.5 Å².